The highest BCUT2D eigenvalue weighted by molar-refractivity contribution is 5.63. The van der Waals surface area contributed by atoms with E-state index in [4.69, 9.17) is 5.26 Å². The molecule has 1 atom stereocenters. The summed E-state index contributed by atoms with van der Waals surface area (Å²) in [6.07, 6.45) is 3.40. The van der Waals surface area contributed by atoms with Crippen LogP contribution in [0.4, 0.5) is 11.4 Å². The molecule has 0 aliphatic carbocycles. The van der Waals surface area contributed by atoms with E-state index in [0.717, 1.165) is 25.1 Å². The average molecular weight is 245 g/mol. The van der Waals surface area contributed by atoms with Crippen molar-refractivity contribution in [3.63, 3.8) is 0 Å². The Morgan fingerprint density at radius 1 is 1.50 bits per heavy atom. The topological polar surface area (TPSA) is 70.2 Å². The van der Waals surface area contributed by atoms with Gasteiger partial charge in [0, 0.05) is 24.7 Å². The van der Waals surface area contributed by atoms with Gasteiger partial charge in [0.05, 0.1) is 16.2 Å². The Labute approximate surface area is 106 Å². The number of nitro groups is 1. The van der Waals surface area contributed by atoms with Gasteiger partial charge < -0.3 is 4.90 Å². The minimum Gasteiger partial charge on any atom is -0.368 e. The molecule has 0 unspecified atom stereocenters. The highest BCUT2D eigenvalue weighted by Gasteiger charge is 2.22. The number of nitriles is 1. The van der Waals surface area contributed by atoms with E-state index in [1.807, 2.05) is 0 Å². The van der Waals surface area contributed by atoms with Crippen molar-refractivity contribution < 1.29 is 4.92 Å². The van der Waals surface area contributed by atoms with Crippen LogP contribution < -0.4 is 4.90 Å². The number of hydrogen-bond acceptors (Lipinski definition) is 4. The first-order chi connectivity index (χ1) is 8.63. The molecule has 1 aliphatic rings. The van der Waals surface area contributed by atoms with Gasteiger partial charge >= 0.3 is 0 Å². The Morgan fingerprint density at radius 3 is 2.89 bits per heavy atom. The quantitative estimate of drug-likeness (QED) is 0.593. The zero-order valence-electron chi connectivity index (χ0n) is 10.3. The number of non-ortho nitro benzene ring substituents is 1. The van der Waals surface area contributed by atoms with Gasteiger partial charge in [0.15, 0.2) is 0 Å². The third kappa shape index (κ3) is 2.28. The lowest BCUT2D eigenvalue weighted by Crippen LogP contribution is -2.37. The van der Waals surface area contributed by atoms with Crippen LogP contribution >= 0.6 is 0 Å². The molecule has 5 nitrogen and oxygen atoms in total. The number of nitro benzene ring substituents is 1. The molecule has 0 saturated carbocycles. The summed E-state index contributed by atoms with van der Waals surface area (Å²) in [4.78, 5) is 12.4. The van der Waals surface area contributed by atoms with Crippen LogP contribution in [0.15, 0.2) is 18.2 Å². The van der Waals surface area contributed by atoms with Crippen molar-refractivity contribution in [1.82, 2.24) is 0 Å². The summed E-state index contributed by atoms with van der Waals surface area (Å²) in [7, 11) is 0. The second kappa shape index (κ2) is 5.05. The summed E-state index contributed by atoms with van der Waals surface area (Å²) >= 11 is 0. The third-order valence-electron chi connectivity index (χ3n) is 3.42. The monoisotopic (exact) mass is 245 g/mol. The molecule has 0 radical (unpaired) electrons. The van der Waals surface area contributed by atoms with Gasteiger partial charge in [0.2, 0.25) is 0 Å². The molecule has 94 valence electrons. The lowest BCUT2D eigenvalue weighted by molar-refractivity contribution is -0.384. The van der Waals surface area contributed by atoms with Crippen LogP contribution in [-0.2, 0) is 0 Å². The standard InChI is InChI=1S/C13H15N3O2/c1-10-4-2-3-7-15(10)13-6-5-12(16(17)18)8-11(13)9-14/h5-6,8,10H,2-4,7H2,1H3/t10-/m1/s1. The van der Waals surface area contributed by atoms with Crippen LogP contribution in [0.3, 0.4) is 0 Å². The van der Waals surface area contributed by atoms with Crippen LogP contribution in [0, 0.1) is 21.4 Å². The summed E-state index contributed by atoms with van der Waals surface area (Å²) in [5.41, 5.74) is 1.17. The van der Waals surface area contributed by atoms with Crippen molar-refractivity contribution in [2.24, 2.45) is 0 Å². The molecule has 0 amide bonds. The average Bonchev–Trinajstić information content (AvgIpc) is 2.38. The van der Waals surface area contributed by atoms with E-state index in [9.17, 15) is 10.1 Å². The van der Waals surface area contributed by atoms with Gasteiger partial charge in [-0.2, -0.15) is 5.26 Å². The van der Waals surface area contributed by atoms with E-state index in [2.05, 4.69) is 17.9 Å². The molecule has 1 saturated heterocycles. The smallest absolute Gasteiger partial charge is 0.270 e. The molecule has 0 bridgehead atoms. The number of rotatable bonds is 2. The summed E-state index contributed by atoms with van der Waals surface area (Å²) in [6.45, 7) is 3.04. The zero-order valence-corrected chi connectivity index (χ0v) is 10.3. The summed E-state index contributed by atoms with van der Waals surface area (Å²) in [5, 5.41) is 19.8. The van der Waals surface area contributed by atoms with Gasteiger partial charge in [0.25, 0.3) is 5.69 Å². The second-order valence-electron chi connectivity index (χ2n) is 4.61. The van der Waals surface area contributed by atoms with Crippen LogP contribution in [0.25, 0.3) is 0 Å². The zero-order chi connectivity index (χ0) is 13.1. The molecule has 5 heteroatoms. The fraction of sp³-hybridized carbons (Fsp3) is 0.462. The van der Waals surface area contributed by atoms with Crippen molar-refractivity contribution in [2.75, 3.05) is 11.4 Å². The Morgan fingerprint density at radius 2 is 2.28 bits per heavy atom. The molecule has 18 heavy (non-hydrogen) atoms. The predicted octanol–water partition coefficient (Wildman–Crippen LogP) is 2.85. The lowest BCUT2D eigenvalue weighted by atomic mass is 10.0. The van der Waals surface area contributed by atoms with Crippen molar-refractivity contribution in [2.45, 2.75) is 32.2 Å². The molecule has 1 aromatic rings. The number of nitrogens with zero attached hydrogens (tertiary/aromatic N) is 3. The second-order valence-corrected chi connectivity index (χ2v) is 4.61. The molecule has 1 aromatic carbocycles. The van der Waals surface area contributed by atoms with Crippen molar-refractivity contribution in [3.8, 4) is 6.07 Å². The minimum atomic E-state index is -0.468. The number of anilines is 1. The fourth-order valence-corrected chi connectivity index (χ4v) is 2.43. The molecular formula is C13H15N3O2. The van der Waals surface area contributed by atoms with Crippen molar-refractivity contribution >= 4 is 11.4 Å². The maximum atomic E-state index is 10.7. The molecule has 2 rings (SSSR count). The first-order valence-corrected chi connectivity index (χ1v) is 6.08. The SMILES string of the molecule is C[C@@H]1CCCCN1c1ccc([N+](=O)[O-])cc1C#N. The normalized spacial score (nSPS) is 19.3. The van der Waals surface area contributed by atoms with Gasteiger partial charge in [-0.25, -0.2) is 0 Å². The Hall–Kier alpha value is -2.09. The largest absolute Gasteiger partial charge is 0.368 e. The van der Waals surface area contributed by atoms with Gasteiger partial charge in [-0.05, 0) is 32.3 Å². The molecule has 0 aromatic heterocycles. The third-order valence-corrected chi connectivity index (χ3v) is 3.42. The van der Waals surface area contributed by atoms with Crippen molar-refractivity contribution in [3.05, 3.63) is 33.9 Å². The van der Waals surface area contributed by atoms with Gasteiger partial charge in [-0.1, -0.05) is 0 Å². The van der Waals surface area contributed by atoms with E-state index < -0.39 is 4.92 Å². The molecule has 1 aliphatic heterocycles. The number of hydrogen-bond donors (Lipinski definition) is 0. The van der Waals surface area contributed by atoms with Gasteiger partial charge in [-0.3, -0.25) is 10.1 Å². The molecule has 1 heterocycles. The molecule has 0 spiro atoms. The van der Waals surface area contributed by atoms with Crippen LogP contribution in [0.5, 0.6) is 0 Å². The van der Waals surface area contributed by atoms with Gasteiger partial charge in [-0.15, -0.1) is 0 Å². The maximum Gasteiger partial charge on any atom is 0.270 e. The van der Waals surface area contributed by atoms with E-state index in [1.54, 1.807) is 6.07 Å². The van der Waals surface area contributed by atoms with E-state index >= 15 is 0 Å². The number of benzene rings is 1. The lowest BCUT2D eigenvalue weighted by Gasteiger charge is -2.35. The molecule has 1 fully saturated rings. The van der Waals surface area contributed by atoms with E-state index in [0.29, 0.717) is 11.6 Å². The highest BCUT2D eigenvalue weighted by Crippen LogP contribution is 2.29. The molecular weight excluding hydrogens is 230 g/mol. The Balaban J connectivity index is 2.38. The van der Waals surface area contributed by atoms with Crippen LogP contribution in [0.1, 0.15) is 31.7 Å². The van der Waals surface area contributed by atoms with Crippen molar-refractivity contribution in [1.29, 1.82) is 5.26 Å². The summed E-state index contributed by atoms with van der Waals surface area (Å²) in [5.74, 6) is 0. The predicted molar refractivity (Wildman–Crippen MR) is 68.5 cm³/mol. The maximum absolute atomic E-state index is 10.7. The summed E-state index contributed by atoms with van der Waals surface area (Å²) in [6, 6.07) is 6.96. The van der Waals surface area contributed by atoms with Crippen LogP contribution in [0.2, 0.25) is 0 Å². The number of piperidine rings is 1. The summed E-state index contributed by atoms with van der Waals surface area (Å²) < 4.78 is 0. The van der Waals surface area contributed by atoms with E-state index in [1.165, 1.54) is 18.6 Å². The molecule has 0 N–H and O–H groups in total. The van der Waals surface area contributed by atoms with Gasteiger partial charge in [0.1, 0.15) is 6.07 Å². The Kier molecular flexibility index (Phi) is 3.47. The Bertz CT molecular complexity index is 507. The van der Waals surface area contributed by atoms with E-state index in [-0.39, 0.29) is 5.69 Å². The highest BCUT2D eigenvalue weighted by atomic mass is 16.6. The first kappa shape index (κ1) is 12.4. The first-order valence-electron chi connectivity index (χ1n) is 6.08. The van der Waals surface area contributed by atoms with Crippen LogP contribution in [-0.4, -0.2) is 17.5 Å². The minimum absolute atomic E-state index is 0.0278. The fourth-order valence-electron chi connectivity index (χ4n) is 2.43.